The van der Waals surface area contributed by atoms with Gasteiger partial charge in [-0.25, -0.2) is 4.39 Å². The van der Waals surface area contributed by atoms with E-state index in [1.807, 2.05) is 22.6 Å². The maximum atomic E-state index is 13.6. The van der Waals surface area contributed by atoms with Crippen molar-refractivity contribution in [3.05, 3.63) is 21.5 Å². The molecular weight excluding hydrogens is 334 g/mol. The number of fused-ring (bicyclic) bond motifs is 3. The number of halogens is 2. The van der Waals surface area contributed by atoms with Crippen molar-refractivity contribution in [1.29, 1.82) is 0 Å². The lowest BCUT2D eigenvalue weighted by molar-refractivity contribution is -0.116. The largest absolute Gasteiger partial charge is 0.366 e. The number of carbonyl (C=O) groups is 1. The van der Waals surface area contributed by atoms with Gasteiger partial charge in [0.1, 0.15) is 5.82 Å². The molecule has 2 aliphatic rings. The van der Waals surface area contributed by atoms with Crippen molar-refractivity contribution in [1.82, 2.24) is 0 Å². The third-order valence-electron chi connectivity index (χ3n) is 3.42. The predicted octanol–water partition coefficient (Wildman–Crippen LogP) is 2.74. The Bertz CT molecular complexity index is 492. The molecule has 1 fully saturated rings. The van der Waals surface area contributed by atoms with E-state index >= 15 is 0 Å². The smallest absolute Gasteiger partial charge is 0.226 e. The lowest BCUT2D eigenvalue weighted by atomic mass is 10.1. The van der Waals surface area contributed by atoms with Crippen LogP contribution < -0.4 is 10.2 Å². The summed E-state index contributed by atoms with van der Waals surface area (Å²) in [7, 11) is 0. The van der Waals surface area contributed by atoms with Gasteiger partial charge in [0.2, 0.25) is 5.91 Å². The number of rotatable bonds is 0. The Morgan fingerprint density at radius 1 is 1.47 bits per heavy atom. The number of nitrogens with one attached hydrogen (secondary N) is 1. The second-order valence-electron chi connectivity index (χ2n) is 4.53. The molecule has 0 bridgehead atoms. The molecule has 2 aliphatic heterocycles. The number of carbonyl (C=O) groups excluding carboxylic acids is 1. The van der Waals surface area contributed by atoms with Crippen LogP contribution in [-0.4, -0.2) is 18.5 Å². The van der Waals surface area contributed by atoms with Crippen molar-refractivity contribution in [2.24, 2.45) is 0 Å². The van der Waals surface area contributed by atoms with Crippen molar-refractivity contribution in [2.75, 3.05) is 16.8 Å². The van der Waals surface area contributed by atoms with Gasteiger partial charge in [-0.3, -0.25) is 4.79 Å². The molecule has 1 unspecified atom stereocenters. The quantitative estimate of drug-likeness (QED) is 0.733. The van der Waals surface area contributed by atoms with Crippen LogP contribution in [0.2, 0.25) is 0 Å². The normalized spacial score (nSPS) is 22.8. The molecule has 1 aromatic carbocycles. The van der Waals surface area contributed by atoms with E-state index in [0.29, 0.717) is 9.99 Å². The topological polar surface area (TPSA) is 32.3 Å². The molecule has 17 heavy (non-hydrogen) atoms. The number of hydrogen-bond donors (Lipinski definition) is 1. The molecule has 90 valence electrons. The highest BCUT2D eigenvalue weighted by Crippen LogP contribution is 2.37. The lowest BCUT2D eigenvalue weighted by Gasteiger charge is -2.25. The van der Waals surface area contributed by atoms with E-state index in [9.17, 15) is 9.18 Å². The van der Waals surface area contributed by atoms with Crippen LogP contribution in [0.15, 0.2) is 12.1 Å². The predicted molar refractivity (Wildman–Crippen MR) is 72.7 cm³/mol. The summed E-state index contributed by atoms with van der Waals surface area (Å²) < 4.78 is 14.2. The number of anilines is 2. The van der Waals surface area contributed by atoms with Gasteiger partial charge in [-0.2, -0.15) is 0 Å². The maximum absolute atomic E-state index is 13.6. The fraction of sp³-hybridized carbons (Fsp3) is 0.417. The first-order valence-corrected chi connectivity index (χ1v) is 6.78. The zero-order valence-electron chi connectivity index (χ0n) is 9.17. The number of hydrogen-bond acceptors (Lipinski definition) is 2. The van der Waals surface area contributed by atoms with Gasteiger partial charge in [-0.1, -0.05) is 0 Å². The Labute approximate surface area is 113 Å². The molecule has 0 radical (unpaired) electrons. The van der Waals surface area contributed by atoms with Crippen LogP contribution in [0.5, 0.6) is 0 Å². The zero-order chi connectivity index (χ0) is 12.0. The number of benzene rings is 1. The van der Waals surface area contributed by atoms with Crippen LogP contribution in [-0.2, 0) is 4.79 Å². The van der Waals surface area contributed by atoms with Gasteiger partial charge in [-0.15, -0.1) is 0 Å². The molecule has 1 amide bonds. The summed E-state index contributed by atoms with van der Waals surface area (Å²) in [5, 5.41) is 2.87. The van der Waals surface area contributed by atoms with Crippen LogP contribution >= 0.6 is 22.6 Å². The monoisotopic (exact) mass is 346 g/mol. The summed E-state index contributed by atoms with van der Waals surface area (Å²) in [6.07, 6.45) is 2.60. The first kappa shape index (κ1) is 11.3. The molecule has 0 spiro atoms. The minimum absolute atomic E-state index is 0.0306. The van der Waals surface area contributed by atoms with E-state index in [-0.39, 0.29) is 17.8 Å². The third kappa shape index (κ3) is 1.90. The highest BCUT2D eigenvalue weighted by Gasteiger charge is 2.32. The molecular formula is C12H12FIN2O. The van der Waals surface area contributed by atoms with Gasteiger partial charge < -0.3 is 10.2 Å². The van der Waals surface area contributed by atoms with Crippen molar-refractivity contribution in [2.45, 2.75) is 25.3 Å². The zero-order valence-corrected chi connectivity index (χ0v) is 11.3. The second kappa shape index (κ2) is 4.12. The molecule has 1 atom stereocenters. The molecule has 1 aromatic rings. The molecule has 0 aliphatic carbocycles. The van der Waals surface area contributed by atoms with Crippen molar-refractivity contribution < 1.29 is 9.18 Å². The van der Waals surface area contributed by atoms with E-state index < -0.39 is 0 Å². The lowest BCUT2D eigenvalue weighted by Crippen LogP contribution is -2.29. The molecule has 0 saturated carbocycles. The summed E-state index contributed by atoms with van der Waals surface area (Å²) >= 11 is 1.95. The summed E-state index contributed by atoms with van der Waals surface area (Å²) in [5.74, 6) is -0.186. The van der Waals surface area contributed by atoms with Crippen LogP contribution in [0.4, 0.5) is 15.8 Å². The third-order valence-corrected chi connectivity index (χ3v) is 4.25. The Balaban J connectivity index is 2.13. The Morgan fingerprint density at radius 2 is 2.29 bits per heavy atom. The minimum Gasteiger partial charge on any atom is -0.366 e. The molecule has 2 heterocycles. The molecule has 0 aromatic heterocycles. The first-order valence-electron chi connectivity index (χ1n) is 5.70. The number of nitrogens with zero attached hydrogens (tertiary/aromatic N) is 1. The van der Waals surface area contributed by atoms with Crippen LogP contribution in [0.3, 0.4) is 0 Å². The minimum atomic E-state index is -0.217. The second-order valence-corrected chi connectivity index (χ2v) is 5.69. The number of amides is 1. The summed E-state index contributed by atoms with van der Waals surface area (Å²) in [4.78, 5) is 13.9. The standard InChI is InChI=1S/C12H12FIN2O/c13-8-5-11-10(6-9(8)14)15-12(17)4-7-2-1-3-16(7)11/h5-7H,1-4H2,(H,15,17). The molecule has 5 heteroatoms. The first-order chi connectivity index (χ1) is 8.15. The molecule has 1 saturated heterocycles. The average Bonchev–Trinajstić information content (AvgIpc) is 2.66. The maximum Gasteiger partial charge on any atom is 0.226 e. The van der Waals surface area contributed by atoms with Crippen molar-refractivity contribution >= 4 is 39.9 Å². The van der Waals surface area contributed by atoms with Crippen molar-refractivity contribution in [3.8, 4) is 0 Å². The van der Waals surface area contributed by atoms with Gasteiger partial charge in [0.05, 0.1) is 14.9 Å². The van der Waals surface area contributed by atoms with Gasteiger partial charge in [0.15, 0.2) is 0 Å². The van der Waals surface area contributed by atoms with Gasteiger partial charge in [0, 0.05) is 25.1 Å². The highest BCUT2D eigenvalue weighted by molar-refractivity contribution is 14.1. The fourth-order valence-electron chi connectivity index (χ4n) is 2.65. The van der Waals surface area contributed by atoms with E-state index in [4.69, 9.17) is 0 Å². The summed E-state index contributed by atoms with van der Waals surface area (Å²) in [5.41, 5.74) is 1.57. The SMILES string of the molecule is O=C1CC2CCCN2c2cc(F)c(I)cc2N1. The summed E-state index contributed by atoms with van der Waals surface area (Å²) in [6, 6.07) is 3.49. The Hall–Kier alpha value is -0.850. The average molecular weight is 346 g/mol. The summed E-state index contributed by atoms with van der Waals surface area (Å²) in [6.45, 7) is 0.909. The van der Waals surface area contributed by atoms with Gasteiger partial charge in [0.25, 0.3) is 0 Å². The fourth-order valence-corrected chi connectivity index (χ4v) is 3.12. The van der Waals surface area contributed by atoms with Gasteiger partial charge >= 0.3 is 0 Å². The Kier molecular flexibility index (Phi) is 2.72. The van der Waals surface area contributed by atoms with Crippen molar-refractivity contribution in [3.63, 3.8) is 0 Å². The molecule has 3 rings (SSSR count). The van der Waals surface area contributed by atoms with E-state index in [2.05, 4.69) is 10.2 Å². The molecule has 1 N–H and O–H groups in total. The van der Waals surface area contributed by atoms with Crippen LogP contribution in [0, 0.1) is 9.39 Å². The van der Waals surface area contributed by atoms with Gasteiger partial charge in [-0.05, 0) is 41.5 Å². The van der Waals surface area contributed by atoms with E-state index in [0.717, 1.165) is 30.8 Å². The highest BCUT2D eigenvalue weighted by atomic mass is 127. The van der Waals surface area contributed by atoms with E-state index in [1.165, 1.54) is 0 Å². The Morgan fingerprint density at radius 3 is 3.12 bits per heavy atom. The van der Waals surface area contributed by atoms with E-state index in [1.54, 1.807) is 12.1 Å². The molecule has 3 nitrogen and oxygen atoms in total. The van der Waals surface area contributed by atoms with Crippen LogP contribution in [0.25, 0.3) is 0 Å². The van der Waals surface area contributed by atoms with Crippen LogP contribution in [0.1, 0.15) is 19.3 Å².